The van der Waals surface area contributed by atoms with Crippen molar-refractivity contribution in [1.29, 1.82) is 0 Å². The van der Waals surface area contributed by atoms with E-state index in [2.05, 4.69) is 115 Å². The Bertz CT molecular complexity index is 1890. The maximum Gasteiger partial charge on any atom is 0.249 e. The van der Waals surface area contributed by atoms with Crippen LogP contribution in [0.5, 0.6) is 0 Å². The fourth-order valence-corrected chi connectivity index (χ4v) is 7.31. The van der Waals surface area contributed by atoms with Crippen molar-refractivity contribution in [2.24, 2.45) is 7.05 Å². The minimum atomic E-state index is 0.190. The Morgan fingerprint density at radius 1 is 0.778 bits per heavy atom. The number of fused-ring (bicyclic) bond motifs is 8. The maximum atomic E-state index is 6.87. The Labute approximate surface area is 213 Å². The fourth-order valence-electron chi connectivity index (χ4n) is 6.06. The molecule has 170 valence electrons. The summed E-state index contributed by atoms with van der Waals surface area (Å²) in [6, 6.07) is 30.6. The van der Waals surface area contributed by atoms with E-state index < -0.39 is 0 Å². The molecule has 0 aliphatic carbocycles. The van der Waals surface area contributed by atoms with E-state index in [0.717, 1.165) is 22.4 Å². The number of pyridine rings is 1. The van der Waals surface area contributed by atoms with E-state index in [0.29, 0.717) is 0 Å². The number of benzene rings is 4. The Morgan fingerprint density at radius 3 is 2.50 bits per heavy atom. The molecule has 0 spiro atoms. The highest BCUT2D eigenvalue weighted by Gasteiger charge is 2.38. The molecule has 2 aliphatic rings. The van der Waals surface area contributed by atoms with Crippen LogP contribution in [-0.2, 0) is 7.05 Å². The number of nitrogens with zero attached hydrogens (tertiary/aromatic N) is 1. The second kappa shape index (κ2) is 7.28. The van der Waals surface area contributed by atoms with E-state index in [1.807, 2.05) is 11.8 Å². The van der Waals surface area contributed by atoms with Gasteiger partial charge in [0.15, 0.2) is 6.20 Å². The lowest BCUT2D eigenvalue weighted by Crippen LogP contribution is -2.58. The highest BCUT2D eigenvalue weighted by molar-refractivity contribution is 8.00. The van der Waals surface area contributed by atoms with Crippen molar-refractivity contribution in [2.75, 3.05) is 5.32 Å². The number of aryl methyl sites for hydroxylation is 2. The van der Waals surface area contributed by atoms with Gasteiger partial charge in [0.25, 0.3) is 0 Å². The number of rotatable bonds is 1. The fraction of sp³-hybridized carbons (Fsp3) is 0.0645. The average Bonchev–Trinajstić information content (AvgIpc) is 3.28. The van der Waals surface area contributed by atoms with Crippen molar-refractivity contribution in [1.82, 2.24) is 0 Å². The van der Waals surface area contributed by atoms with E-state index in [-0.39, 0.29) is 6.71 Å². The van der Waals surface area contributed by atoms with Crippen LogP contribution in [0.2, 0.25) is 0 Å². The van der Waals surface area contributed by atoms with Crippen LogP contribution >= 0.6 is 11.8 Å². The van der Waals surface area contributed by atoms with Crippen LogP contribution in [0.15, 0.2) is 105 Å². The number of anilines is 2. The number of hydrogen-bond donors (Lipinski definition) is 1. The van der Waals surface area contributed by atoms with E-state index in [4.69, 9.17) is 4.42 Å². The second-order valence-electron chi connectivity index (χ2n) is 9.76. The third kappa shape index (κ3) is 2.64. The Kier molecular flexibility index (Phi) is 4.10. The van der Waals surface area contributed by atoms with Crippen LogP contribution in [-0.4, -0.2) is 6.71 Å². The van der Waals surface area contributed by atoms with Crippen molar-refractivity contribution in [3.63, 3.8) is 0 Å². The number of furan rings is 1. The van der Waals surface area contributed by atoms with Gasteiger partial charge in [-0.05, 0) is 47.7 Å². The van der Waals surface area contributed by atoms with Crippen molar-refractivity contribution in [2.45, 2.75) is 16.7 Å². The molecule has 36 heavy (non-hydrogen) atoms. The van der Waals surface area contributed by atoms with Gasteiger partial charge < -0.3 is 9.73 Å². The van der Waals surface area contributed by atoms with E-state index in [1.165, 1.54) is 53.9 Å². The molecule has 2 aromatic heterocycles. The number of nitrogens with one attached hydrogen (secondary N) is 1. The van der Waals surface area contributed by atoms with Gasteiger partial charge in [-0.25, -0.2) is 4.57 Å². The van der Waals surface area contributed by atoms with Gasteiger partial charge in [0.05, 0.1) is 10.5 Å². The van der Waals surface area contributed by atoms with Crippen LogP contribution in [0, 0.1) is 6.92 Å². The van der Waals surface area contributed by atoms with Gasteiger partial charge in [-0.1, -0.05) is 65.8 Å². The molecule has 0 amide bonds. The van der Waals surface area contributed by atoms with Gasteiger partial charge in [0.1, 0.15) is 18.2 Å². The Balaban J connectivity index is 1.45. The standard InChI is InChI=1S/C31H22BN2OS/c1-18-13-14-19-20-15-16-22-31(30(20)35-29(19)27(18)25-11-5-6-17-34(25)2)36-26-12-7-10-24-28(26)32(22)21-8-3-4-9-23(21)33-24/h3-17,33H,1-2H3/q+1. The van der Waals surface area contributed by atoms with Crippen LogP contribution in [0.25, 0.3) is 33.2 Å². The molecule has 0 radical (unpaired) electrons. The first-order chi connectivity index (χ1) is 17.7. The first kappa shape index (κ1) is 20.3. The molecule has 0 saturated carbocycles. The molecule has 2 aliphatic heterocycles. The maximum absolute atomic E-state index is 6.87. The van der Waals surface area contributed by atoms with Crippen molar-refractivity contribution in [3.8, 4) is 11.3 Å². The Hall–Kier alpha value is -3.96. The van der Waals surface area contributed by atoms with Gasteiger partial charge in [-0.15, -0.1) is 0 Å². The summed E-state index contributed by atoms with van der Waals surface area (Å²) < 4.78 is 9.04. The number of para-hydroxylation sites is 1. The molecule has 0 atom stereocenters. The predicted molar refractivity (Wildman–Crippen MR) is 150 cm³/mol. The van der Waals surface area contributed by atoms with Crippen LogP contribution in [0.3, 0.4) is 0 Å². The summed E-state index contributed by atoms with van der Waals surface area (Å²) in [5.41, 5.74) is 11.9. The molecular formula is C31H22BN2OS+. The molecule has 5 heteroatoms. The lowest BCUT2D eigenvalue weighted by Gasteiger charge is -2.33. The van der Waals surface area contributed by atoms with E-state index in [1.54, 1.807) is 0 Å². The summed E-state index contributed by atoms with van der Waals surface area (Å²) >= 11 is 1.84. The summed E-state index contributed by atoms with van der Waals surface area (Å²) in [6.07, 6.45) is 2.09. The third-order valence-corrected chi connectivity index (χ3v) is 8.93. The van der Waals surface area contributed by atoms with E-state index in [9.17, 15) is 0 Å². The molecule has 6 aromatic rings. The van der Waals surface area contributed by atoms with Crippen LogP contribution < -0.4 is 26.3 Å². The van der Waals surface area contributed by atoms with Crippen LogP contribution in [0.1, 0.15) is 5.56 Å². The molecule has 4 aromatic carbocycles. The normalized spacial score (nSPS) is 13.3. The zero-order valence-corrected chi connectivity index (χ0v) is 20.8. The second-order valence-corrected chi connectivity index (χ2v) is 10.8. The first-order valence-corrected chi connectivity index (χ1v) is 13.1. The van der Waals surface area contributed by atoms with Gasteiger partial charge in [0, 0.05) is 39.2 Å². The molecule has 3 nitrogen and oxygen atoms in total. The Morgan fingerprint density at radius 2 is 1.58 bits per heavy atom. The van der Waals surface area contributed by atoms with Gasteiger partial charge >= 0.3 is 0 Å². The predicted octanol–water partition coefficient (Wildman–Crippen LogP) is 5.42. The SMILES string of the molecule is Cc1ccc2c(oc3c4c(ccc32)B2c3ccccc3Nc3cccc(c32)S4)c1-c1cccc[n+]1C. The van der Waals surface area contributed by atoms with Crippen LogP contribution in [0.4, 0.5) is 11.4 Å². The first-order valence-electron chi connectivity index (χ1n) is 12.3. The largest absolute Gasteiger partial charge is 0.454 e. The minimum absolute atomic E-state index is 0.190. The lowest BCUT2D eigenvalue weighted by atomic mass is 9.35. The van der Waals surface area contributed by atoms with Crippen molar-refractivity contribution < 1.29 is 8.98 Å². The molecule has 4 heterocycles. The minimum Gasteiger partial charge on any atom is -0.454 e. The molecular weight excluding hydrogens is 459 g/mol. The smallest absolute Gasteiger partial charge is 0.249 e. The molecule has 0 saturated heterocycles. The summed E-state index contributed by atoms with van der Waals surface area (Å²) in [7, 11) is 2.09. The average molecular weight is 481 g/mol. The highest BCUT2D eigenvalue weighted by atomic mass is 32.2. The number of hydrogen-bond acceptors (Lipinski definition) is 3. The van der Waals surface area contributed by atoms with E-state index >= 15 is 0 Å². The van der Waals surface area contributed by atoms with Gasteiger partial charge in [-0.2, -0.15) is 0 Å². The van der Waals surface area contributed by atoms with Crippen molar-refractivity contribution >= 4 is 68.2 Å². The molecule has 0 bridgehead atoms. The highest BCUT2D eigenvalue weighted by Crippen LogP contribution is 2.43. The molecule has 1 N–H and O–H groups in total. The molecule has 0 fully saturated rings. The number of aromatic nitrogens is 1. The summed E-state index contributed by atoms with van der Waals surface area (Å²) in [5.74, 6) is 0. The molecule has 0 unspecified atom stereocenters. The zero-order valence-electron chi connectivity index (χ0n) is 20.0. The molecule has 8 rings (SSSR count). The van der Waals surface area contributed by atoms with Gasteiger partial charge in [0.2, 0.25) is 12.4 Å². The summed E-state index contributed by atoms with van der Waals surface area (Å²) in [6.45, 7) is 2.36. The van der Waals surface area contributed by atoms with Crippen molar-refractivity contribution in [3.05, 3.63) is 96.7 Å². The summed E-state index contributed by atoms with van der Waals surface area (Å²) in [4.78, 5) is 2.53. The summed E-state index contributed by atoms with van der Waals surface area (Å²) in [5, 5.41) is 6.02. The lowest BCUT2D eigenvalue weighted by molar-refractivity contribution is -0.660. The van der Waals surface area contributed by atoms with Gasteiger partial charge in [-0.3, -0.25) is 0 Å². The third-order valence-electron chi connectivity index (χ3n) is 7.73. The quantitative estimate of drug-likeness (QED) is 0.251. The monoisotopic (exact) mass is 481 g/mol. The topological polar surface area (TPSA) is 29.1 Å². The zero-order chi connectivity index (χ0) is 24.0.